The first-order valence-electron chi connectivity index (χ1n) is 11.1. The SMILES string of the molecule is COc1ccc(C(=O)NC(=S)N(CCC(C)C)c2c(N)n(Cc3ccccc3)c(=O)[nH]c2=O)cc1. The topological polar surface area (TPSA) is 122 Å². The molecule has 184 valence electrons. The number of nitrogens with one attached hydrogen (secondary N) is 2. The van der Waals surface area contributed by atoms with Gasteiger partial charge in [-0.3, -0.25) is 24.5 Å². The lowest BCUT2D eigenvalue weighted by molar-refractivity contribution is 0.0977. The van der Waals surface area contributed by atoms with E-state index in [9.17, 15) is 14.4 Å². The van der Waals surface area contributed by atoms with Crippen molar-refractivity contribution in [1.29, 1.82) is 0 Å². The molecule has 2 aromatic carbocycles. The third kappa shape index (κ3) is 6.36. The van der Waals surface area contributed by atoms with Gasteiger partial charge in [-0.15, -0.1) is 0 Å². The summed E-state index contributed by atoms with van der Waals surface area (Å²) in [6.07, 6.45) is 0.662. The molecule has 4 N–H and O–H groups in total. The van der Waals surface area contributed by atoms with Crippen LogP contribution in [0, 0.1) is 5.92 Å². The number of amides is 1. The van der Waals surface area contributed by atoms with Crippen molar-refractivity contribution < 1.29 is 9.53 Å². The molecular formula is C25H29N5O4S. The monoisotopic (exact) mass is 495 g/mol. The highest BCUT2D eigenvalue weighted by atomic mass is 32.1. The van der Waals surface area contributed by atoms with Gasteiger partial charge in [0.15, 0.2) is 10.8 Å². The van der Waals surface area contributed by atoms with Gasteiger partial charge in [-0.05, 0) is 54.4 Å². The number of ether oxygens (including phenoxy) is 1. The van der Waals surface area contributed by atoms with Crippen molar-refractivity contribution in [3.05, 3.63) is 86.6 Å². The minimum Gasteiger partial charge on any atom is -0.497 e. The number of H-pyrrole nitrogens is 1. The molecule has 0 saturated heterocycles. The highest BCUT2D eigenvalue weighted by molar-refractivity contribution is 7.80. The van der Waals surface area contributed by atoms with Gasteiger partial charge in [0.1, 0.15) is 11.6 Å². The molecule has 0 aliphatic heterocycles. The zero-order valence-corrected chi connectivity index (χ0v) is 20.7. The Kier molecular flexibility index (Phi) is 8.43. The van der Waals surface area contributed by atoms with Crippen molar-refractivity contribution in [2.75, 3.05) is 24.3 Å². The number of nitrogens with zero attached hydrogens (tertiary/aromatic N) is 2. The van der Waals surface area contributed by atoms with Crippen LogP contribution in [0.5, 0.6) is 5.75 Å². The number of benzene rings is 2. The fraction of sp³-hybridized carbons (Fsp3) is 0.280. The molecule has 1 amide bonds. The number of nitrogens with two attached hydrogens (primary N) is 1. The number of nitrogen functional groups attached to an aromatic ring is 1. The average molecular weight is 496 g/mol. The maximum absolute atomic E-state index is 12.9. The van der Waals surface area contributed by atoms with Crippen LogP contribution in [0.1, 0.15) is 36.2 Å². The molecular weight excluding hydrogens is 466 g/mol. The number of hydrogen-bond acceptors (Lipinski definition) is 6. The van der Waals surface area contributed by atoms with Crippen LogP contribution in [0.2, 0.25) is 0 Å². The van der Waals surface area contributed by atoms with Gasteiger partial charge in [0.2, 0.25) is 0 Å². The van der Waals surface area contributed by atoms with Crippen molar-refractivity contribution in [3.63, 3.8) is 0 Å². The molecule has 9 nitrogen and oxygen atoms in total. The van der Waals surface area contributed by atoms with E-state index in [0.717, 1.165) is 5.56 Å². The number of anilines is 2. The Bertz CT molecular complexity index is 1300. The second-order valence-corrected chi connectivity index (χ2v) is 8.77. The Morgan fingerprint density at radius 2 is 1.80 bits per heavy atom. The maximum atomic E-state index is 12.9. The van der Waals surface area contributed by atoms with Crippen molar-refractivity contribution >= 4 is 34.7 Å². The van der Waals surface area contributed by atoms with Gasteiger partial charge in [0.25, 0.3) is 11.5 Å². The predicted octanol–water partition coefficient (Wildman–Crippen LogP) is 2.74. The third-order valence-corrected chi connectivity index (χ3v) is 5.74. The first-order chi connectivity index (χ1) is 16.7. The summed E-state index contributed by atoms with van der Waals surface area (Å²) in [6, 6.07) is 15.8. The summed E-state index contributed by atoms with van der Waals surface area (Å²) >= 11 is 5.53. The fourth-order valence-corrected chi connectivity index (χ4v) is 3.72. The van der Waals surface area contributed by atoms with Gasteiger partial charge >= 0.3 is 5.69 Å². The van der Waals surface area contributed by atoms with Crippen molar-refractivity contribution in [2.24, 2.45) is 5.92 Å². The summed E-state index contributed by atoms with van der Waals surface area (Å²) in [4.78, 5) is 42.1. The number of carbonyl (C=O) groups is 1. The van der Waals surface area contributed by atoms with E-state index in [1.165, 1.54) is 16.6 Å². The third-order valence-electron chi connectivity index (χ3n) is 5.42. The van der Waals surface area contributed by atoms with Crippen LogP contribution < -0.4 is 31.9 Å². The smallest absolute Gasteiger partial charge is 0.330 e. The average Bonchev–Trinajstić information content (AvgIpc) is 2.84. The molecule has 3 aromatic rings. The van der Waals surface area contributed by atoms with Gasteiger partial charge < -0.3 is 15.4 Å². The Balaban J connectivity index is 1.97. The molecule has 0 saturated carbocycles. The zero-order valence-electron chi connectivity index (χ0n) is 19.9. The molecule has 0 radical (unpaired) electrons. The zero-order chi connectivity index (χ0) is 25.5. The molecule has 0 fully saturated rings. The minimum atomic E-state index is -0.679. The molecule has 10 heteroatoms. The minimum absolute atomic E-state index is 0.00794. The summed E-state index contributed by atoms with van der Waals surface area (Å²) in [5.41, 5.74) is 6.28. The van der Waals surface area contributed by atoms with Gasteiger partial charge in [-0.1, -0.05) is 44.2 Å². The molecule has 1 aromatic heterocycles. The van der Waals surface area contributed by atoms with Crippen molar-refractivity contribution in [1.82, 2.24) is 14.9 Å². The summed E-state index contributed by atoms with van der Waals surface area (Å²) in [6.45, 7) is 4.54. The molecule has 3 rings (SSSR count). The molecule has 0 bridgehead atoms. The normalized spacial score (nSPS) is 10.7. The van der Waals surface area contributed by atoms with E-state index < -0.39 is 17.2 Å². The molecule has 0 atom stereocenters. The van der Waals surface area contributed by atoms with E-state index >= 15 is 0 Å². The standard InChI is InChI=1S/C25H29N5O4S/c1-16(2)13-14-29(25(35)28-22(31)18-9-11-19(34-3)12-10-18)20-21(26)30(24(33)27-23(20)32)15-17-7-5-4-6-8-17/h4-12,16H,13-15,26H2,1-3H3,(H,27,32,33)(H,28,31,35). The lowest BCUT2D eigenvalue weighted by Crippen LogP contribution is -2.47. The summed E-state index contributed by atoms with van der Waals surface area (Å²) in [7, 11) is 1.54. The van der Waals surface area contributed by atoms with E-state index in [0.29, 0.717) is 24.3 Å². The molecule has 0 aliphatic rings. The van der Waals surface area contributed by atoms with Gasteiger partial charge in [0, 0.05) is 12.1 Å². The Labute approximate surface area is 208 Å². The first kappa shape index (κ1) is 25.7. The highest BCUT2D eigenvalue weighted by Gasteiger charge is 2.24. The fourth-order valence-electron chi connectivity index (χ4n) is 3.44. The first-order valence-corrected chi connectivity index (χ1v) is 11.6. The van der Waals surface area contributed by atoms with Gasteiger partial charge in [-0.25, -0.2) is 4.79 Å². The quantitative estimate of drug-likeness (QED) is 0.411. The Morgan fingerprint density at radius 1 is 1.14 bits per heavy atom. The number of methoxy groups -OCH3 is 1. The van der Waals surface area contributed by atoms with Crippen LogP contribution >= 0.6 is 12.2 Å². The second-order valence-electron chi connectivity index (χ2n) is 8.39. The number of rotatable bonds is 8. The van der Waals surface area contributed by atoms with Crippen molar-refractivity contribution in [2.45, 2.75) is 26.8 Å². The molecule has 0 unspecified atom stereocenters. The van der Waals surface area contributed by atoms with E-state index in [4.69, 9.17) is 22.7 Å². The highest BCUT2D eigenvalue weighted by Crippen LogP contribution is 2.20. The Hall–Kier alpha value is -3.92. The second kappa shape index (κ2) is 11.5. The summed E-state index contributed by atoms with van der Waals surface area (Å²) < 4.78 is 6.40. The maximum Gasteiger partial charge on any atom is 0.330 e. The number of hydrogen-bond donors (Lipinski definition) is 3. The van der Waals surface area contributed by atoms with E-state index in [-0.39, 0.29) is 29.1 Å². The molecule has 0 aliphatic carbocycles. The van der Waals surface area contributed by atoms with Crippen molar-refractivity contribution in [3.8, 4) is 5.75 Å². The summed E-state index contributed by atoms with van der Waals surface area (Å²) in [5, 5.41) is 2.68. The predicted molar refractivity (Wildman–Crippen MR) is 141 cm³/mol. The lowest BCUT2D eigenvalue weighted by Gasteiger charge is -2.27. The number of aromatic nitrogens is 2. The van der Waals surface area contributed by atoms with E-state index in [1.54, 1.807) is 24.3 Å². The molecule has 1 heterocycles. The van der Waals surface area contributed by atoms with Crippen LogP contribution in [-0.4, -0.2) is 34.2 Å². The Morgan fingerprint density at radius 3 is 2.40 bits per heavy atom. The number of carbonyl (C=O) groups excluding carboxylic acids is 1. The van der Waals surface area contributed by atoms with Crippen LogP contribution in [0.4, 0.5) is 11.5 Å². The molecule has 0 spiro atoms. The van der Waals surface area contributed by atoms with E-state index in [1.807, 2.05) is 44.2 Å². The van der Waals surface area contributed by atoms with Crippen LogP contribution in [0.25, 0.3) is 0 Å². The largest absolute Gasteiger partial charge is 0.497 e. The van der Waals surface area contributed by atoms with Gasteiger partial charge in [0.05, 0.1) is 13.7 Å². The number of aromatic amines is 1. The van der Waals surface area contributed by atoms with Crippen LogP contribution in [0.15, 0.2) is 64.2 Å². The summed E-state index contributed by atoms with van der Waals surface area (Å²) in [5.74, 6) is 0.419. The van der Waals surface area contributed by atoms with E-state index in [2.05, 4.69) is 10.3 Å². The van der Waals surface area contributed by atoms with Gasteiger partial charge in [-0.2, -0.15) is 0 Å². The van der Waals surface area contributed by atoms with Crippen LogP contribution in [0.3, 0.4) is 0 Å². The molecule has 35 heavy (non-hydrogen) atoms. The van der Waals surface area contributed by atoms with Crippen LogP contribution in [-0.2, 0) is 6.54 Å². The lowest BCUT2D eigenvalue weighted by atomic mass is 10.1. The number of thiocarbonyl (C=S) groups is 1.